The van der Waals surface area contributed by atoms with E-state index in [4.69, 9.17) is 4.42 Å². The molecule has 0 amide bonds. The molecular formula is C15H20N2O2. The maximum Gasteiger partial charge on any atom is 0.134 e. The van der Waals surface area contributed by atoms with E-state index >= 15 is 0 Å². The second-order valence-corrected chi connectivity index (χ2v) is 5.25. The molecule has 0 saturated carbocycles. The Balaban J connectivity index is 1.66. The second-order valence-electron chi connectivity index (χ2n) is 5.25. The Kier molecular flexibility index (Phi) is 3.55. The highest BCUT2D eigenvalue weighted by atomic mass is 16.3. The van der Waals surface area contributed by atoms with Crippen LogP contribution in [0.3, 0.4) is 0 Å². The summed E-state index contributed by atoms with van der Waals surface area (Å²) in [4.78, 5) is 0. The molecule has 1 aromatic heterocycles. The van der Waals surface area contributed by atoms with Gasteiger partial charge in [-0.05, 0) is 13.0 Å². The highest BCUT2D eigenvalue weighted by molar-refractivity contribution is 5.82. The third kappa shape index (κ3) is 2.52. The Morgan fingerprint density at radius 1 is 1.37 bits per heavy atom. The van der Waals surface area contributed by atoms with Crippen LogP contribution in [0.25, 0.3) is 11.0 Å². The van der Waals surface area contributed by atoms with Gasteiger partial charge >= 0.3 is 0 Å². The molecule has 2 unspecified atom stereocenters. The van der Waals surface area contributed by atoms with Gasteiger partial charge < -0.3 is 20.2 Å². The van der Waals surface area contributed by atoms with Gasteiger partial charge in [0.05, 0.1) is 6.10 Å². The monoisotopic (exact) mass is 260 g/mol. The quantitative estimate of drug-likeness (QED) is 0.778. The van der Waals surface area contributed by atoms with Crippen molar-refractivity contribution < 1.29 is 9.52 Å². The first-order valence-electron chi connectivity index (χ1n) is 6.82. The number of para-hydroxylation sites is 1. The zero-order chi connectivity index (χ0) is 13.2. The zero-order valence-electron chi connectivity index (χ0n) is 11.1. The molecule has 3 rings (SSSR count). The Hall–Kier alpha value is -1.36. The van der Waals surface area contributed by atoms with Crippen LogP contribution in [-0.4, -0.2) is 30.8 Å². The van der Waals surface area contributed by atoms with Gasteiger partial charge in [0.25, 0.3) is 0 Å². The second kappa shape index (κ2) is 5.33. The van der Waals surface area contributed by atoms with Crippen molar-refractivity contribution in [2.24, 2.45) is 5.92 Å². The van der Waals surface area contributed by atoms with Gasteiger partial charge in [-0.25, -0.2) is 0 Å². The minimum absolute atomic E-state index is 0.227. The van der Waals surface area contributed by atoms with Crippen LogP contribution < -0.4 is 10.6 Å². The van der Waals surface area contributed by atoms with Crippen molar-refractivity contribution in [2.45, 2.75) is 19.6 Å². The van der Waals surface area contributed by atoms with Crippen molar-refractivity contribution in [3.63, 3.8) is 0 Å². The van der Waals surface area contributed by atoms with E-state index in [0.717, 1.165) is 31.0 Å². The molecule has 2 heterocycles. The molecule has 1 aromatic carbocycles. The first-order valence-corrected chi connectivity index (χ1v) is 6.82. The molecule has 0 bridgehead atoms. The fourth-order valence-electron chi connectivity index (χ4n) is 2.75. The van der Waals surface area contributed by atoms with E-state index < -0.39 is 0 Å². The summed E-state index contributed by atoms with van der Waals surface area (Å²) in [6.45, 7) is 5.21. The number of aliphatic hydroxyl groups excluding tert-OH is 1. The van der Waals surface area contributed by atoms with Crippen molar-refractivity contribution >= 4 is 11.0 Å². The van der Waals surface area contributed by atoms with E-state index in [1.165, 1.54) is 10.9 Å². The lowest BCUT2D eigenvalue weighted by atomic mass is 10.1. The minimum Gasteiger partial charge on any atom is -0.461 e. The molecule has 1 fully saturated rings. The van der Waals surface area contributed by atoms with Crippen LogP contribution in [0.15, 0.2) is 28.7 Å². The predicted octanol–water partition coefficient (Wildman–Crippen LogP) is 1.41. The number of rotatable bonds is 4. The van der Waals surface area contributed by atoms with Crippen molar-refractivity contribution in [2.75, 3.05) is 19.6 Å². The third-order valence-corrected chi connectivity index (χ3v) is 3.91. The van der Waals surface area contributed by atoms with Gasteiger partial charge in [0.15, 0.2) is 0 Å². The fourth-order valence-corrected chi connectivity index (χ4v) is 2.75. The van der Waals surface area contributed by atoms with Gasteiger partial charge in [0, 0.05) is 43.0 Å². The van der Waals surface area contributed by atoms with Crippen molar-refractivity contribution in [1.82, 2.24) is 10.6 Å². The summed E-state index contributed by atoms with van der Waals surface area (Å²) in [5.74, 6) is 1.28. The van der Waals surface area contributed by atoms with Crippen LogP contribution in [0.1, 0.15) is 11.3 Å². The molecule has 1 saturated heterocycles. The standard InChI is InChI=1S/C15H20N2O2/c1-10-13(12-4-2-3-5-15(12)19-10)8-16-6-11-7-17-9-14(11)18/h2-5,11,14,16-18H,6-9H2,1H3. The number of aliphatic hydroxyl groups is 1. The number of furan rings is 1. The molecule has 2 aromatic rings. The van der Waals surface area contributed by atoms with E-state index in [-0.39, 0.29) is 6.10 Å². The van der Waals surface area contributed by atoms with Gasteiger partial charge in [0.1, 0.15) is 11.3 Å². The average Bonchev–Trinajstić information content (AvgIpc) is 2.94. The van der Waals surface area contributed by atoms with Crippen LogP contribution in [0.4, 0.5) is 0 Å². The summed E-state index contributed by atoms with van der Waals surface area (Å²) in [5, 5.41) is 17.6. The highest BCUT2D eigenvalue weighted by Crippen LogP contribution is 2.25. The van der Waals surface area contributed by atoms with E-state index in [0.29, 0.717) is 12.5 Å². The van der Waals surface area contributed by atoms with Gasteiger partial charge in [-0.15, -0.1) is 0 Å². The minimum atomic E-state index is -0.227. The van der Waals surface area contributed by atoms with Crippen molar-refractivity contribution in [1.29, 1.82) is 0 Å². The summed E-state index contributed by atoms with van der Waals surface area (Å²) in [6.07, 6.45) is -0.227. The van der Waals surface area contributed by atoms with Crippen LogP contribution in [0.5, 0.6) is 0 Å². The van der Waals surface area contributed by atoms with Gasteiger partial charge in [-0.3, -0.25) is 0 Å². The Bertz CT molecular complexity index is 564. The van der Waals surface area contributed by atoms with E-state index in [1.807, 2.05) is 25.1 Å². The first kappa shape index (κ1) is 12.7. The molecule has 19 heavy (non-hydrogen) atoms. The molecule has 3 N–H and O–H groups in total. The van der Waals surface area contributed by atoms with E-state index in [2.05, 4.69) is 16.7 Å². The number of nitrogens with one attached hydrogen (secondary N) is 2. The SMILES string of the molecule is Cc1oc2ccccc2c1CNCC1CNCC1O. The summed E-state index contributed by atoms with van der Waals surface area (Å²) < 4.78 is 5.74. The van der Waals surface area contributed by atoms with Crippen LogP contribution in [0.2, 0.25) is 0 Å². The molecular weight excluding hydrogens is 240 g/mol. The van der Waals surface area contributed by atoms with Gasteiger partial charge in [-0.2, -0.15) is 0 Å². The summed E-state index contributed by atoms with van der Waals surface area (Å²) >= 11 is 0. The molecule has 2 atom stereocenters. The zero-order valence-corrected chi connectivity index (χ0v) is 11.1. The third-order valence-electron chi connectivity index (χ3n) is 3.91. The van der Waals surface area contributed by atoms with E-state index in [1.54, 1.807) is 0 Å². The van der Waals surface area contributed by atoms with Crippen LogP contribution in [0, 0.1) is 12.8 Å². The summed E-state index contributed by atoms with van der Waals surface area (Å²) in [6, 6.07) is 8.11. The number of fused-ring (bicyclic) bond motifs is 1. The predicted molar refractivity (Wildman–Crippen MR) is 75.0 cm³/mol. The Labute approximate surface area is 112 Å². The van der Waals surface area contributed by atoms with Crippen LogP contribution in [-0.2, 0) is 6.54 Å². The lowest BCUT2D eigenvalue weighted by molar-refractivity contribution is 0.146. The first-order chi connectivity index (χ1) is 9.25. The largest absolute Gasteiger partial charge is 0.461 e. The van der Waals surface area contributed by atoms with Gasteiger partial charge in [0.2, 0.25) is 0 Å². The molecule has 1 aliphatic heterocycles. The number of aryl methyl sites for hydroxylation is 1. The lowest BCUT2D eigenvalue weighted by Crippen LogP contribution is -2.30. The molecule has 102 valence electrons. The number of hydrogen-bond acceptors (Lipinski definition) is 4. The number of β-amino-alcohol motifs (C(OH)–C–C–N with tert-alkyl or cyclic N) is 1. The Morgan fingerprint density at radius 3 is 3.00 bits per heavy atom. The topological polar surface area (TPSA) is 57.4 Å². The smallest absolute Gasteiger partial charge is 0.134 e. The highest BCUT2D eigenvalue weighted by Gasteiger charge is 2.24. The molecule has 4 heteroatoms. The normalized spacial score (nSPS) is 23.3. The van der Waals surface area contributed by atoms with Crippen molar-refractivity contribution in [3.8, 4) is 0 Å². The molecule has 0 radical (unpaired) electrons. The van der Waals surface area contributed by atoms with Crippen LogP contribution >= 0.6 is 0 Å². The average molecular weight is 260 g/mol. The fraction of sp³-hybridized carbons (Fsp3) is 0.467. The van der Waals surface area contributed by atoms with Crippen molar-refractivity contribution in [3.05, 3.63) is 35.6 Å². The maximum absolute atomic E-state index is 9.75. The Morgan fingerprint density at radius 2 is 2.21 bits per heavy atom. The molecule has 1 aliphatic rings. The lowest BCUT2D eigenvalue weighted by Gasteiger charge is -2.13. The number of benzene rings is 1. The van der Waals surface area contributed by atoms with E-state index in [9.17, 15) is 5.11 Å². The summed E-state index contributed by atoms with van der Waals surface area (Å²) in [5.41, 5.74) is 2.16. The number of hydrogen-bond donors (Lipinski definition) is 3. The molecule has 0 spiro atoms. The molecule has 4 nitrogen and oxygen atoms in total. The maximum atomic E-state index is 9.75. The van der Waals surface area contributed by atoms with Gasteiger partial charge in [-0.1, -0.05) is 18.2 Å². The summed E-state index contributed by atoms with van der Waals surface area (Å²) in [7, 11) is 0. The molecule has 0 aliphatic carbocycles.